The summed E-state index contributed by atoms with van der Waals surface area (Å²) in [5, 5.41) is 7.37. The summed E-state index contributed by atoms with van der Waals surface area (Å²) in [4.78, 5) is 21.9. The van der Waals surface area contributed by atoms with Crippen LogP contribution in [0.1, 0.15) is 53.6 Å². The van der Waals surface area contributed by atoms with E-state index in [-0.39, 0.29) is 5.91 Å². The normalized spacial score (nSPS) is 17.1. The van der Waals surface area contributed by atoms with Gasteiger partial charge in [-0.1, -0.05) is 49.6 Å². The summed E-state index contributed by atoms with van der Waals surface area (Å²) >= 11 is 0. The molecular weight excluding hydrogens is 446 g/mol. The van der Waals surface area contributed by atoms with Gasteiger partial charge in [-0.25, -0.2) is 0 Å². The van der Waals surface area contributed by atoms with Crippen LogP contribution in [0.3, 0.4) is 0 Å². The van der Waals surface area contributed by atoms with E-state index in [9.17, 15) is 4.79 Å². The lowest BCUT2D eigenvalue weighted by Gasteiger charge is -2.35. The lowest BCUT2D eigenvalue weighted by Crippen LogP contribution is -2.48. The number of rotatable bonds is 8. The highest BCUT2D eigenvalue weighted by molar-refractivity contribution is 5.96. The lowest BCUT2D eigenvalue weighted by atomic mass is 9.95. The fourth-order valence-electron chi connectivity index (χ4n) is 5.25. The predicted octanol–water partition coefficient (Wildman–Crippen LogP) is 5.40. The Kier molecular flexibility index (Phi) is 8.13. The molecule has 1 saturated carbocycles. The maximum absolute atomic E-state index is 13.4. The second kappa shape index (κ2) is 12.0. The summed E-state index contributed by atoms with van der Waals surface area (Å²) in [6.45, 7) is 4.89. The van der Waals surface area contributed by atoms with Crippen LogP contribution in [0.4, 0.5) is 11.4 Å². The van der Waals surface area contributed by atoms with Gasteiger partial charge in [0.05, 0.1) is 11.4 Å². The van der Waals surface area contributed by atoms with Gasteiger partial charge in [0, 0.05) is 63.3 Å². The van der Waals surface area contributed by atoms with E-state index in [1.807, 2.05) is 35.5 Å². The average molecular weight is 484 g/mol. The van der Waals surface area contributed by atoms with Crippen LogP contribution in [0.15, 0.2) is 73.1 Å². The minimum Gasteiger partial charge on any atom is -0.381 e. The van der Waals surface area contributed by atoms with Crippen molar-refractivity contribution in [3.8, 4) is 0 Å². The number of carbonyl (C=O) groups excluding carboxylic acids is 1. The van der Waals surface area contributed by atoms with Crippen molar-refractivity contribution in [1.29, 1.82) is 0 Å². The van der Waals surface area contributed by atoms with Crippen molar-refractivity contribution in [2.75, 3.05) is 36.8 Å². The average Bonchev–Trinajstić information content (AvgIpc) is 2.94. The molecule has 2 N–H and O–H groups in total. The van der Waals surface area contributed by atoms with E-state index in [0.717, 1.165) is 56.2 Å². The highest BCUT2D eigenvalue weighted by Crippen LogP contribution is 2.29. The number of nitrogens with one attached hydrogen (secondary N) is 2. The first-order chi connectivity index (χ1) is 17.7. The standard InChI is InChI=1S/C30H37N5O/c36-30(35-19-17-34(18-20-35)23-25-13-15-31-16-14-25)26-11-12-28(33-27-9-5-2-6-10-27)29(21-26)32-22-24-7-3-1-4-8-24/h1,3-4,7-8,11-16,21,27,32-33H,2,5-6,9-10,17-20,22-23H2. The van der Waals surface area contributed by atoms with E-state index in [0.29, 0.717) is 6.04 Å². The van der Waals surface area contributed by atoms with E-state index in [4.69, 9.17) is 0 Å². The highest BCUT2D eigenvalue weighted by atomic mass is 16.2. The molecule has 1 aliphatic heterocycles. The van der Waals surface area contributed by atoms with Gasteiger partial charge in [0.25, 0.3) is 5.91 Å². The van der Waals surface area contributed by atoms with Crippen molar-refractivity contribution in [3.63, 3.8) is 0 Å². The largest absolute Gasteiger partial charge is 0.381 e. The van der Waals surface area contributed by atoms with Gasteiger partial charge in [-0.2, -0.15) is 0 Å². The molecule has 36 heavy (non-hydrogen) atoms. The molecule has 6 heteroatoms. The number of anilines is 2. The quantitative estimate of drug-likeness (QED) is 0.449. The Balaban J connectivity index is 1.25. The van der Waals surface area contributed by atoms with Crippen molar-refractivity contribution >= 4 is 17.3 Å². The van der Waals surface area contributed by atoms with Crippen LogP contribution < -0.4 is 10.6 Å². The fraction of sp³-hybridized carbons (Fsp3) is 0.400. The van der Waals surface area contributed by atoms with Gasteiger partial charge in [-0.15, -0.1) is 0 Å². The van der Waals surface area contributed by atoms with Crippen molar-refractivity contribution < 1.29 is 4.79 Å². The minimum atomic E-state index is 0.116. The number of nitrogens with zero attached hydrogens (tertiary/aromatic N) is 3. The van der Waals surface area contributed by atoms with E-state index in [1.54, 1.807) is 0 Å². The predicted molar refractivity (Wildman–Crippen MR) is 146 cm³/mol. The Bertz CT molecular complexity index is 1110. The Morgan fingerprint density at radius 1 is 0.833 bits per heavy atom. The molecule has 0 radical (unpaired) electrons. The zero-order valence-corrected chi connectivity index (χ0v) is 21.0. The van der Waals surface area contributed by atoms with Crippen LogP contribution in [0.25, 0.3) is 0 Å². The van der Waals surface area contributed by atoms with Gasteiger partial charge in [0.2, 0.25) is 0 Å². The molecule has 1 aromatic heterocycles. The SMILES string of the molecule is O=C(c1ccc(NC2CCCCC2)c(NCc2ccccc2)c1)N1CCN(Cc2ccncc2)CC1. The van der Waals surface area contributed by atoms with Crippen LogP contribution in [0.2, 0.25) is 0 Å². The molecule has 2 fully saturated rings. The lowest BCUT2D eigenvalue weighted by molar-refractivity contribution is 0.0628. The first kappa shape index (κ1) is 24.3. The number of aromatic nitrogens is 1. The Morgan fingerprint density at radius 3 is 2.33 bits per heavy atom. The molecule has 1 saturated heterocycles. The zero-order chi connectivity index (χ0) is 24.6. The number of carbonyl (C=O) groups is 1. The fourth-order valence-corrected chi connectivity index (χ4v) is 5.25. The van der Waals surface area contributed by atoms with Crippen LogP contribution in [-0.2, 0) is 13.1 Å². The number of benzene rings is 2. The Morgan fingerprint density at radius 2 is 1.58 bits per heavy atom. The van der Waals surface area contributed by atoms with Crippen LogP contribution in [0.5, 0.6) is 0 Å². The van der Waals surface area contributed by atoms with Crippen LogP contribution >= 0.6 is 0 Å². The highest BCUT2D eigenvalue weighted by Gasteiger charge is 2.23. The van der Waals surface area contributed by atoms with Gasteiger partial charge in [-0.05, 0) is 54.3 Å². The first-order valence-corrected chi connectivity index (χ1v) is 13.3. The Labute approximate surface area is 214 Å². The summed E-state index contributed by atoms with van der Waals surface area (Å²) < 4.78 is 0. The second-order valence-corrected chi connectivity index (χ2v) is 10.0. The van der Waals surface area contributed by atoms with E-state index < -0.39 is 0 Å². The maximum Gasteiger partial charge on any atom is 0.254 e. The van der Waals surface area contributed by atoms with Gasteiger partial charge in [-0.3, -0.25) is 14.7 Å². The molecule has 2 aromatic carbocycles. The number of pyridine rings is 1. The molecule has 0 spiro atoms. The van der Waals surface area contributed by atoms with E-state index in [2.05, 4.69) is 63.0 Å². The van der Waals surface area contributed by atoms with Crippen LogP contribution in [0, 0.1) is 0 Å². The molecule has 2 heterocycles. The maximum atomic E-state index is 13.4. The van der Waals surface area contributed by atoms with Crippen molar-refractivity contribution in [2.24, 2.45) is 0 Å². The first-order valence-electron chi connectivity index (χ1n) is 13.3. The van der Waals surface area contributed by atoms with Gasteiger partial charge in [0.15, 0.2) is 0 Å². The third-order valence-electron chi connectivity index (χ3n) is 7.37. The van der Waals surface area contributed by atoms with Crippen LogP contribution in [-0.4, -0.2) is 52.9 Å². The molecule has 0 unspecified atom stereocenters. The monoisotopic (exact) mass is 483 g/mol. The molecule has 188 valence electrons. The summed E-state index contributed by atoms with van der Waals surface area (Å²) in [5.41, 5.74) is 5.34. The topological polar surface area (TPSA) is 60.5 Å². The van der Waals surface area contributed by atoms with Crippen molar-refractivity contribution in [2.45, 2.75) is 51.2 Å². The van der Waals surface area contributed by atoms with Crippen molar-refractivity contribution in [3.05, 3.63) is 89.7 Å². The number of hydrogen-bond acceptors (Lipinski definition) is 5. The van der Waals surface area contributed by atoms with Gasteiger partial charge >= 0.3 is 0 Å². The minimum absolute atomic E-state index is 0.116. The molecule has 1 amide bonds. The molecule has 0 bridgehead atoms. The Hall–Kier alpha value is -3.38. The number of hydrogen-bond donors (Lipinski definition) is 2. The van der Waals surface area contributed by atoms with Gasteiger partial charge in [0.1, 0.15) is 0 Å². The molecule has 6 nitrogen and oxygen atoms in total. The summed E-state index contributed by atoms with van der Waals surface area (Å²) in [6.07, 6.45) is 10.0. The molecular formula is C30H37N5O. The molecule has 3 aromatic rings. The van der Waals surface area contributed by atoms with Crippen molar-refractivity contribution in [1.82, 2.24) is 14.8 Å². The van der Waals surface area contributed by atoms with Gasteiger partial charge < -0.3 is 15.5 Å². The molecule has 2 aliphatic rings. The second-order valence-electron chi connectivity index (χ2n) is 10.0. The summed E-state index contributed by atoms with van der Waals surface area (Å²) in [6, 6.07) is 21.2. The van der Waals surface area contributed by atoms with E-state index >= 15 is 0 Å². The molecule has 5 rings (SSSR count). The number of amides is 1. The third kappa shape index (κ3) is 6.43. The van der Waals surface area contributed by atoms with E-state index in [1.165, 1.54) is 43.2 Å². The number of piperazine rings is 1. The molecule has 1 aliphatic carbocycles. The summed E-state index contributed by atoms with van der Waals surface area (Å²) in [5.74, 6) is 0.116. The zero-order valence-electron chi connectivity index (χ0n) is 21.0. The molecule has 0 atom stereocenters. The smallest absolute Gasteiger partial charge is 0.254 e. The third-order valence-corrected chi connectivity index (χ3v) is 7.37. The summed E-state index contributed by atoms with van der Waals surface area (Å²) in [7, 11) is 0.